The van der Waals surface area contributed by atoms with Crippen LogP contribution in [0.2, 0.25) is 0 Å². The van der Waals surface area contributed by atoms with Crippen LogP contribution in [0, 0.1) is 5.92 Å². The smallest absolute Gasteiger partial charge is 0.171 e. The Bertz CT molecular complexity index is 374. The zero-order chi connectivity index (χ0) is 13.0. The van der Waals surface area contributed by atoms with Gasteiger partial charge in [0.2, 0.25) is 0 Å². The van der Waals surface area contributed by atoms with Crippen molar-refractivity contribution in [2.24, 2.45) is 5.92 Å². The van der Waals surface area contributed by atoms with Crippen LogP contribution in [0.15, 0.2) is 18.3 Å². The molecule has 1 aromatic heterocycles. The summed E-state index contributed by atoms with van der Waals surface area (Å²) in [6.45, 7) is 6.22. The number of anilines is 1. The quantitative estimate of drug-likeness (QED) is 0.888. The average molecular weight is 250 g/mol. The topological polar surface area (TPSA) is 45.6 Å². The molecule has 4 nitrogen and oxygen atoms in total. The van der Waals surface area contributed by atoms with E-state index < -0.39 is 0 Å². The number of hydrogen-bond donors (Lipinski definition) is 1. The highest BCUT2D eigenvalue weighted by Crippen LogP contribution is 2.29. The van der Waals surface area contributed by atoms with E-state index in [4.69, 9.17) is 9.84 Å². The number of rotatable bonds is 4. The summed E-state index contributed by atoms with van der Waals surface area (Å²) in [5, 5.41) is 9.16. The molecule has 0 atom stereocenters. The number of aliphatic hydroxyl groups excluding tert-OH is 1. The van der Waals surface area contributed by atoms with Crippen LogP contribution < -0.4 is 9.64 Å². The number of aliphatic hydroxyl groups is 1. The summed E-state index contributed by atoms with van der Waals surface area (Å²) in [7, 11) is 0. The molecule has 0 aromatic carbocycles. The van der Waals surface area contributed by atoms with Crippen molar-refractivity contribution in [3.63, 3.8) is 0 Å². The number of nitrogens with zero attached hydrogens (tertiary/aromatic N) is 2. The van der Waals surface area contributed by atoms with Crippen molar-refractivity contribution >= 4 is 5.82 Å². The van der Waals surface area contributed by atoms with E-state index in [0.29, 0.717) is 12.5 Å². The van der Waals surface area contributed by atoms with E-state index in [1.807, 2.05) is 26.0 Å². The van der Waals surface area contributed by atoms with Crippen molar-refractivity contribution in [1.29, 1.82) is 0 Å². The van der Waals surface area contributed by atoms with Crippen LogP contribution in [0.4, 0.5) is 5.82 Å². The molecule has 1 N–H and O–H groups in total. The van der Waals surface area contributed by atoms with Gasteiger partial charge < -0.3 is 14.7 Å². The molecule has 2 heterocycles. The van der Waals surface area contributed by atoms with Crippen LogP contribution in [-0.2, 0) is 0 Å². The molecule has 0 radical (unpaired) electrons. The van der Waals surface area contributed by atoms with Gasteiger partial charge in [0.15, 0.2) is 11.6 Å². The van der Waals surface area contributed by atoms with E-state index in [9.17, 15) is 0 Å². The first kappa shape index (κ1) is 13.1. The van der Waals surface area contributed by atoms with E-state index in [1.165, 1.54) is 0 Å². The minimum absolute atomic E-state index is 0.155. The van der Waals surface area contributed by atoms with Crippen molar-refractivity contribution < 1.29 is 9.84 Å². The second-order valence-electron chi connectivity index (χ2n) is 5.10. The fourth-order valence-corrected chi connectivity index (χ4v) is 2.29. The lowest BCUT2D eigenvalue weighted by molar-refractivity contribution is 0.201. The van der Waals surface area contributed by atoms with E-state index in [1.54, 1.807) is 6.20 Å². The summed E-state index contributed by atoms with van der Waals surface area (Å²) >= 11 is 0. The molecule has 0 bridgehead atoms. The maximum Gasteiger partial charge on any atom is 0.171 e. The third-order valence-corrected chi connectivity index (χ3v) is 3.29. The molecule has 2 rings (SSSR count). The molecule has 1 aliphatic heterocycles. The zero-order valence-corrected chi connectivity index (χ0v) is 11.2. The van der Waals surface area contributed by atoms with Crippen molar-refractivity contribution in [1.82, 2.24) is 4.98 Å². The number of pyridine rings is 1. The van der Waals surface area contributed by atoms with E-state index in [2.05, 4.69) is 9.88 Å². The Hall–Kier alpha value is -1.29. The summed E-state index contributed by atoms with van der Waals surface area (Å²) in [5.74, 6) is 2.23. The highest BCUT2D eigenvalue weighted by molar-refractivity contribution is 5.52. The second kappa shape index (κ2) is 6.05. The normalized spacial score (nSPS) is 17.2. The maximum absolute atomic E-state index is 9.16. The monoisotopic (exact) mass is 250 g/mol. The molecule has 1 aliphatic rings. The molecule has 0 saturated carbocycles. The summed E-state index contributed by atoms with van der Waals surface area (Å²) < 4.78 is 5.80. The van der Waals surface area contributed by atoms with Crippen LogP contribution in [0.5, 0.6) is 5.75 Å². The maximum atomic E-state index is 9.16. The van der Waals surface area contributed by atoms with Gasteiger partial charge >= 0.3 is 0 Å². The predicted octanol–water partition coefficient (Wildman–Crippen LogP) is 2.08. The van der Waals surface area contributed by atoms with Gasteiger partial charge in [0.25, 0.3) is 0 Å². The molecule has 0 spiro atoms. The first-order valence-electron chi connectivity index (χ1n) is 6.68. The van der Waals surface area contributed by atoms with Gasteiger partial charge in [0.1, 0.15) is 0 Å². The van der Waals surface area contributed by atoms with Gasteiger partial charge in [0.05, 0.1) is 6.10 Å². The SMILES string of the molecule is CC(C)Oc1cccnc1N1CCC(CO)CC1. The molecule has 0 unspecified atom stereocenters. The van der Waals surface area contributed by atoms with Gasteiger partial charge in [0, 0.05) is 25.9 Å². The van der Waals surface area contributed by atoms with E-state index in [-0.39, 0.29) is 6.10 Å². The van der Waals surface area contributed by atoms with Gasteiger partial charge in [-0.1, -0.05) is 0 Å². The average Bonchev–Trinajstić information content (AvgIpc) is 2.39. The highest BCUT2D eigenvalue weighted by atomic mass is 16.5. The summed E-state index contributed by atoms with van der Waals surface area (Å²) in [6.07, 6.45) is 4.01. The summed E-state index contributed by atoms with van der Waals surface area (Å²) in [5.41, 5.74) is 0. The van der Waals surface area contributed by atoms with Crippen LogP contribution in [0.1, 0.15) is 26.7 Å². The Morgan fingerprint density at radius 1 is 1.44 bits per heavy atom. The Labute approximate surface area is 109 Å². The number of ether oxygens (including phenoxy) is 1. The summed E-state index contributed by atoms with van der Waals surface area (Å²) in [4.78, 5) is 6.70. The first-order chi connectivity index (χ1) is 8.70. The Balaban J connectivity index is 2.08. The molecule has 1 saturated heterocycles. The fourth-order valence-electron chi connectivity index (χ4n) is 2.29. The summed E-state index contributed by atoms with van der Waals surface area (Å²) in [6, 6.07) is 3.88. The highest BCUT2D eigenvalue weighted by Gasteiger charge is 2.22. The largest absolute Gasteiger partial charge is 0.487 e. The first-order valence-corrected chi connectivity index (χ1v) is 6.68. The molecule has 0 amide bonds. The lowest BCUT2D eigenvalue weighted by Crippen LogP contribution is -2.35. The Morgan fingerprint density at radius 2 is 2.17 bits per heavy atom. The Kier molecular flexibility index (Phi) is 4.42. The lowest BCUT2D eigenvalue weighted by atomic mass is 9.98. The molecule has 18 heavy (non-hydrogen) atoms. The van der Waals surface area contributed by atoms with Crippen molar-refractivity contribution in [2.45, 2.75) is 32.8 Å². The number of piperidine rings is 1. The van der Waals surface area contributed by atoms with Crippen LogP contribution in [0.25, 0.3) is 0 Å². The molecule has 1 fully saturated rings. The minimum Gasteiger partial charge on any atom is -0.487 e. The van der Waals surface area contributed by atoms with Crippen molar-refractivity contribution in [3.05, 3.63) is 18.3 Å². The van der Waals surface area contributed by atoms with Gasteiger partial charge in [-0.25, -0.2) is 4.98 Å². The number of aromatic nitrogens is 1. The zero-order valence-electron chi connectivity index (χ0n) is 11.2. The molecular weight excluding hydrogens is 228 g/mol. The van der Waals surface area contributed by atoms with Crippen LogP contribution >= 0.6 is 0 Å². The fraction of sp³-hybridized carbons (Fsp3) is 0.643. The van der Waals surface area contributed by atoms with Gasteiger partial charge in [-0.2, -0.15) is 0 Å². The third-order valence-electron chi connectivity index (χ3n) is 3.29. The standard InChI is InChI=1S/C14H22N2O2/c1-11(2)18-13-4-3-7-15-14(13)16-8-5-12(10-17)6-9-16/h3-4,7,11-12,17H,5-6,8-10H2,1-2H3. The predicted molar refractivity (Wildman–Crippen MR) is 72.0 cm³/mol. The molecule has 4 heteroatoms. The lowest BCUT2D eigenvalue weighted by Gasteiger charge is -2.33. The van der Waals surface area contributed by atoms with Gasteiger partial charge in [-0.05, 0) is 44.7 Å². The number of hydrogen-bond acceptors (Lipinski definition) is 4. The molecule has 100 valence electrons. The molecule has 1 aromatic rings. The van der Waals surface area contributed by atoms with Crippen LogP contribution in [0.3, 0.4) is 0 Å². The molecular formula is C14H22N2O2. The second-order valence-corrected chi connectivity index (χ2v) is 5.10. The van der Waals surface area contributed by atoms with Gasteiger partial charge in [-0.3, -0.25) is 0 Å². The van der Waals surface area contributed by atoms with Crippen molar-refractivity contribution in [2.75, 3.05) is 24.6 Å². The van der Waals surface area contributed by atoms with Crippen LogP contribution in [-0.4, -0.2) is 35.9 Å². The minimum atomic E-state index is 0.155. The van der Waals surface area contributed by atoms with E-state index >= 15 is 0 Å². The van der Waals surface area contributed by atoms with Crippen molar-refractivity contribution in [3.8, 4) is 5.75 Å². The molecule has 0 aliphatic carbocycles. The van der Waals surface area contributed by atoms with Gasteiger partial charge in [-0.15, -0.1) is 0 Å². The van der Waals surface area contributed by atoms with E-state index in [0.717, 1.165) is 37.5 Å². The third kappa shape index (κ3) is 3.13. The Morgan fingerprint density at radius 3 is 2.78 bits per heavy atom.